The predicted molar refractivity (Wildman–Crippen MR) is 65.6 cm³/mol. The molecule has 5 heteroatoms. The number of carboxylic acids is 1. The molecule has 0 aliphatic heterocycles. The molecule has 1 heterocycles. The van der Waals surface area contributed by atoms with Gasteiger partial charge in [-0.15, -0.1) is 0 Å². The monoisotopic (exact) mass is 238 g/mol. The quantitative estimate of drug-likeness (QED) is 0.806. The van der Waals surface area contributed by atoms with Crippen LogP contribution < -0.4 is 4.90 Å². The van der Waals surface area contributed by atoms with Gasteiger partial charge in [-0.25, -0.2) is 9.78 Å². The van der Waals surface area contributed by atoms with E-state index < -0.39 is 5.97 Å². The van der Waals surface area contributed by atoms with Crippen LogP contribution in [0.15, 0.2) is 6.07 Å². The van der Waals surface area contributed by atoms with Gasteiger partial charge >= 0.3 is 5.97 Å². The summed E-state index contributed by atoms with van der Waals surface area (Å²) in [6.07, 6.45) is 0. The summed E-state index contributed by atoms with van der Waals surface area (Å²) in [6, 6.07) is 1.75. The van der Waals surface area contributed by atoms with Gasteiger partial charge in [-0.3, -0.25) is 0 Å². The first-order chi connectivity index (χ1) is 8.01. The number of aliphatic hydroxyl groups excluding tert-OH is 1. The second-order valence-electron chi connectivity index (χ2n) is 3.89. The number of carboxylic acid groups (broad SMARTS) is 1. The molecule has 1 rings (SSSR count). The summed E-state index contributed by atoms with van der Waals surface area (Å²) in [4.78, 5) is 17.3. The summed E-state index contributed by atoms with van der Waals surface area (Å²) < 4.78 is 0. The molecule has 0 spiro atoms. The van der Waals surface area contributed by atoms with Gasteiger partial charge < -0.3 is 15.1 Å². The number of pyridine rings is 1. The van der Waals surface area contributed by atoms with E-state index in [9.17, 15) is 9.90 Å². The predicted octanol–water partition coefficient (Wildman–Crippen LogP) is 1.22. The van der Waals surface area contributed by atoms with Gasteiger partial charge in [-0.05, 0) is 32.4 Å². The first-order valence-electron chi connectivity index (χ1n) is 5.58. The van der Waals surface area contributed by atoms with Crippen molar-refractivity contribution in [3.05, 3.63) is 22.9 Å². The highest BCUT2D eigenvalue weighted by molar-refractivity contribution is 5.95. The minimum Gasteiger partial charge on any atom is -0.478 e. The van der Waals surface area contributed by atoms with Gasteiger partial charge in [0, 0.05) is 18.8 Å². The Kier molecular flexibility index (Phi) is 4.45. The lowest BCUT2D eigenvalue weighted by atomic mass is 10.1. The normalized spacial score (nSPS) is 10.4. The maximum absolute atomic E-state index is 11.2. The molecule has 0 unspecified atom stereocenters. The molecular weight excluding hydrogens is 220 g/mol. The molecule has 2 N–H and O–H groups in total. The average Bonchev–Trinajstić information content (AvgIpc) is 2.23. The third kappa shape index (κ3) is 2.94. The molecular formula is C12H18N2O3. The van der Waals surface area contributed by atoms with Crippen LogP contribution in [0.4, 0.5) is 5.82 Å². The Morgan fingerprint density at radius 2 is 2.12 bits per heavy atom. The van der Waals surface area contributed by atoms with Gasteiger partial charge in [0.25, 0.3) is 0 Å². The number of hydrogen-bond donors (Lipinski definition) is 2. The molecule has 0 atom stereocenters. The van der Waals surface area contributed by atoms with Crippen LogP contribution in [0.1, 0.15) is 28.5 Å². The van der Waals surface area contributed by atoms with E-state index in [0.717, 1.165) is 5.69 Å². The molecule has 0 bridgehead atoms. The number of rotatable bonds is 5. The number of hydrogen-bond acceptors (Lipinski definition) is 4. The zero-order valence-corrected chi connectivity index (χ0v) is 10.4. The number of aliphatic hydroxyl groups is 1. The number of aryl methyl sites for hydroxylation is 2. The molecule has 5 nitrogen and oxygen atoms in total. The third-order valence-electron chi connectivity index (χ3n) is 2.59. The van der Waals surface area contributed by atoms with Crippen LogP contribution in [0.2, 0.25) is 0 Å². The summed E-state index contributed by atoms with van der Waals surface area (Å²) in [5, 5.41) is 18.2. The largest absolute Gasteiger partial charge is 0.478 e. The van der Waals surface area contributed by atoms with Crippen LogP contribution in [-0.4, -0.2) is 40.9 Å². The Morgan fingerprint density at radius 3 is 2.59 bits per heavy atom. The molecule has 17 heavy (non-hydrogen) atoms. The Morgan fingerprint density at radius 1 is 1.47 bits per heavy atom. The Balaban J connectivity index is 3.32. The lowest BCUT2D eigenvalue weighted by Gasteiger charge is -2.23. The van der Waals surface area contributed by atoms with Crippen molar-refractivity contribution in [2.75, 3.05) is 24.6 Å². The standard InChI is InChI=1S/C12H18N2O3/c1-4-14(5-6-15)11-10(12(16)17)8(2)7-9(3)13-11/h7,15H,4-6H2,1-3H3,(H,16,17). The van der Waals surface area contributed by atoms with Gasteiger partial charge in [0.05, 0.1) is 6.61 Å². The maximum atomic E-state index is 11.2. The highest BCUT2D eigenvalue weighted by Crippen LogP contribution is 2.22. The SMILES string of the molecule is CCN(CCO)c1nc(C)cc(C)c1C(=O)O. The maximum Gasteiger partial charge on any atom is 0.339 e. The number of carbonyl (C=O) groups is 1. The molecule has 0 amide bonds. The first-order valence-corrected chi connectivity index (χ1v) is 5.58. The van der Waals surface area contributed by atoms with Crippen molar-refractivity contribution < 1.29 is 15.0 Å². The molecule has 0 fully saturated rings. The lowest BCUT2D eigenvalue weighted by Crippen LogP contribution is -2.29. The minimum atomic E-state index is -0.985. The van der Waals surface area contributed by atoms with Crippen molar-refractivity contribution in [3.63, 3.8) is 0 Å². The van der Waals surface area contributed by atoms with Crippen LogP contribution in [0, 0.1) is 13.8 Å². The van der Waals surface area contributed by atoms with Gasteiger partial charge in [-0.1, -0.05) is 0 Å². The fourth-order valence-corrected chi connectivity index (χ4v) is 1.84. The van der Waals surface area contributed by atoms with E-state index in [4.69, 9.17) is 5.11 Å². The number of nitrogens with zero attached hydrogens (tertiary/aromatic N) is 2. The fourth-order valence-electron chi connectivity index (χ4n) is 1.84. The highest BCUT2D eigenvalue weighted by Gasteiger charge is 2.19. The summed E-state index contributed by atoms with van der Waals surface area (Å²) in [5.41, 5.74) is 1.68. The minimum absolute atomic E-state index is 0.0262. The molecule has 0 saturated carbocycles. The highest BCUT2D eigenvalue weighted by atomic mass is 16.4. The van der Waals surface area contributed by atoms with Crippen molar-refractivity contribution >= 4 is 11.8 Å². The average molecular weight is 238 g/mol. The van der Waals surface area contributed by atoms with Crippen LogP contribution in [-0.2, 0) is 0 Å². The van der Waals surface area contributed by atoms with E-state index in [2.05, 4.69) is 4.98 Å². The van der Waals surface area contributed by atoms with E-state index in [-0.39, 0.29) is 12.2 Å². The van der Waals surface area contributed by atoms with Crippen LogP contribution >= 0.6 is 0 Å². The lowest BCUT2D eigenvalue weighted by molar-refractivity contribution is 0.0696. The van der Waals surface area contributed by atoms with Crippen LogP contribution in [0.3, 0.4) is 0 Å². The Hall–Kier alpha value is -1.62. The topological polar surface area (TPSA) is 73.7 Å². The number of anilines is 1. The summed E-state index contributed by atoms with van der Waals surface area (Å²) in [6.45, 7) is 6.45. The van der Waals surface area contributed by atoms with Crippen molar-refractivity contribution in [3.8, 4) is 0 Å². The summed E-state index contributed by atoms with van der Waals surface area (Å²) in [5.74, 6) is -0.548. The third-order valence-corrected chi connectivity index (χ3v) is 2.59. The Labute approximate surface area is 101 Å². The molecule has 94 valence electrons. The van der Waals surface area contributed by atoms with Crippen molar-refractivity contribution in [1.29, 1.82) is 0 Å². The second-order valence-corrected chi connectivity index (χ2v) is 3.89. The number of likely N-dealkylation sites (N-methyl/N-ethyl adjacent to an activating group) is 1. The fraction of sp³-hybridized carbons (Fsp3) is 0.500. The molecule has 1 aromatic rings. The first kappa shape index (κ1) is 13.4. The van der Waals surface area contributed by atoms with Crippen molar-refractivity contribution in [1.82, 2.24) is 4.98 Å². The molecule has 0 saturated heterocycles. The molecule has 0 radical (unpaired) electrons. The van der Waals surface area contributed by atoms with E-state index >= 15 is 0 Å². The van der Waals surface area contributed by atoms with Crippen molar-refractivity contribution in [2.24, 2.45) is 0 Å². The smallest absolute Gasteiger partial charge is 0.339 e. The van der Waals surface area contributed by atoms with Gasteiger partial charge in [-0.2, -0.15) is 0 Å². The molecule has 0 aliphatic rings. The van der Waals surface area contributed by atoms with Gasteiger partial charge in [0.2, 0.25) is 0 Å². The summed E-state index contributed by atoms with van der Waals surface area (Å²) >= 11 is 0. The van der Waals surface area contributed by atoms with Crippen molar-refractivity contribution in [2.45, 2.75) is 20.8 Å². The van der Waals surface area contributed by atoms with Gasteiger partial charge in [0.1, 0.15) is 11.4 Å². The van der Waals surface area contributed by atoms with E-state index in [1.54, 1.807) is 17.9 Å². The van der Waals surface area contributed by atoms with E-state index in [1.807, 2.05) is 13.8 Å². The number of aromatic carboxylic acids is 1. The van der Waals surface area contributed by atoms with Crippen LogP contribution in [0.5, 0.6) is 0 Å². The number of aromatic nitrogens is 1. The van der Waals surface area contributed by atoms with Gasteiger partial charge in [0.15, 0.2) is 0 Å². The van der Waals surface area contributed by atoms with E-state index in [1.165, 1.54) is 0 Å². The zero-order chi connectivity index (χ0) is 13.0. The summed E-state index contributed by atoms with van der Waals surface area (Å²) in [7, 11) is 0. The molecule has 0 aliphatic carbocycles. The Bertz CT molecular complexity index is 418. The second kappa shape index (κ2) is 5.63. The zero-order valence-electron chi connectivity index (χ0n) is 10.4. The molecule has 0 aromatic carbocycles. The molecule has 1 aromatic heterocycles. The van der Waals surface area contributed by atoms with E-state index in [0.29, 0.717) is 24.5 Å². The van der Waals surface area contributed by atoms with Crippen LogP contribution in [0.25, 0.3) is 0 Å².